The lowest BCUT2D eigenvalue weighted by Crippen LogP contribution is -2.41. The van der Waals surface area contributed by atoms with Crippen LogP contribution in [0.2, 0.25) is 0 Å². The molecule has 0 aliphatic heterocycles. The summed E-state index contributed by atoms with van der Waals surface area (Å²) in [6.45, 7) is 7.63. The number of unbranched alkanes of at least 4 members (excludes halogenated alkanes) is 1. The van der Waals surface area contributed by atoms with Gasteiger partial charge in [-0.05, 0) is 12.0 Å². The van der Waals surface area contributed by atoms with Crippen LogP contribution in [-0.4, -0.2) is 45.8 Å². The van der Waals surface area contributed by atoms with Crippen molar-refractivity contribution in [3.8, 4) is 0 Å². The molecule has 0 saturated heterocycles. The van der Waals surface area contributed by atoms with E-state index in [1.54, 1.807) is 6.33 Å². The van der Waals surface area contributed by atoms with E-state index in [4.69, 9.17) is 4.99 Å². The van der Waals surface area contributed by atoms with Crippen LogP contribution >= 0.6 is 0 Å². The summed E-state index contributed by atoms with van der Waals surface area (Å²) in [7, 11) is 2.10. The summed E-state index contributed by atoms with van der Waals surface area (Å²) in [6.07, 6.45) is 5.03. The van der Waals surface area contributed by atoms with Crippen molar-refractivity contribution in [3.63, 3.8) is 0 Å². The van der Waals surface area contributed by atoms with E-state index in [1.807, 2.05) is 6.07 Å². The fourth-order valence-electron chi connectivity index (χ4n) is 2.59. The second-order valence-corrected chi connectivity index (χ2v) is 6.12. The van der Waals surface area contributed by atoms with Crippen LogP contribution in [0.3, 0.4) is 0 Å². The van der Waals surface area contributed by atoms with E-state index < -0.39 is 0 Å². The van der Waals surface area contributed by atoms with Crippen molar-refractivity contribution >= 4 is 5.96 Å². The minimum Gasteiger partial charge on any atom is -0.354 e. The Morgan fingerprint density at radius 3 is 2.76 bits per heavy atom. The molecule has 0 fully saturated rings. The van der Waals surface area contributed by atoms with E-state index in [1.165, 1.54) is 12.0 Å². The zero-order chi connectivity index (χ0) is 17.9. The molecule has 136 valence electrons. The summed E-state index contributed by atoms with van der Waals surface area (Å²) in [6, 6.07) is 10.4. The van der Waals surface area contributed by atoms with Crippen molar-refractivity contribution in [2.45, 2.75) is 46.2 Å². The standard InChI is InChI=1S/C19H30N6/c1-4-6-13-24(3)19(21-15-17-10-8-7-9-11-17)20-12-14-25-16-22-23-18(25)5-2/h7-11,16H,4-6,12-15H2,1-3H3,(H,20,21). The highest BCUT2D eigenvalue weighted by Crippen LogP contribution is 2.02. The van der Waals surface area contributed by atoms with Crippen molar-refractivity contribution in [3.05, 3.63) is 48.0 Å². The molecule has 6 heteroatoms. The summed E-state index contributed by atoms with van der Waals surface area (Å²) in [4.78, 5) is 7.01. The van der Waals surface area contributed by atoms with Crippen LogP contribution in [0.1, 0.15) is 38.1 Å². The lowest BCUT2D eigenvalue weighted by molar-refractivity contribution is 0.459. The van der Waals surface area contributed by atoms with Crippen molar-refractivity contribution in [2.75, 3.05) is 20.1 Å². The van der Waals surface area contributed by atoms with Crippen molar-refractivity contribution in [1.29, 1.82) is 0 Å². The molecule has 1 aromatic heterocycles. The molecule has 0 atom stereocenters. The first-order valence-electron chi connectivity index (χ1n) is 9.14. The van der Waals surface area contributed by atoms with Gasteiger partial charge in [0.1, 0.15) is 12.2 Å². The molecular formula is C19H30N6. The average Bonchev–Trinajstić information content (AvgIpc) is 3.10. The minimum atomic E-state index is 0.687. The third kappa shape index (κ3) is 6.21. The molecule has 1 aromatic carbocycles. The van der Waals surface area contributed by atoms with Crippen LogP contribution in [-0.2, 0) is 19.5 Å². The molecule has 1 N–H and O–H groups in total. The Labute approximate surface area is 151 Å². The first-order valence-corrected chi connectivity index (χ1v) is 9.14. The van der Waals surface area contributed by atoms with Crippen LogP contribution in [0, 0.1) is 0 Å². The Hall–Kier alpha value is -2.37. The van der Waals surface area contributed by atoms with E-state index >= 15 is 0 Å². The van der Waals surface area contributed by atoms with Gasteiger partial charge in [-0.25, -0.2) is 4.99 Å². The first-order chi connectivity index (χ1) is 12.2. The summed E-state index contributed by atoms with van der Waals surface area (Å²) in [5.41, 5.74) is 1.22. The van der Waals surface area contributed by atoms with Crippen molar-refractivity contribution in [2.24, 2.45) is 4.99 Å². The number of nitrogens with zero attached hydrogens (tertiary/aromatic N) is 5. The molecule has 0 bridgehead atoms. The lowest BCUT2D eigenvalue weighted by Gasteiger charge is -2.22. The summed E-state index contributed by atoms with van der Waals surface area (Å²) in [5, 5.41) is 11.6. The maximum Gasteiger partial charge on any atom is 0.194 e. The number of guanidine groups is 1. The summed E-state index contributed by atoms with van der Waals surface area (Å²) < 4.78 is 2.09. The van der Waals surface area contributed by atoms with Gasteiger partial charge < -0.3 is 14.8 Å². The highest BCUT2D eigenvalue weighted by Gasteiger charge is 2.07. The fraction of sp³-hybridized carbons (Fsp3) is 0.526. The van der Waals surface area contributed by atoms with E-state index in [2.05, 4.69) is 70.1 Å². The van der Waals surface area contributed by atoms with Crippen LogP contribution < -0.4 is 5.32 Å². The minimum absolute atomic E-state index is 0.687. The van der Waals surface area contributed by atoms with Gasteiger partial charge in [-0.15, -0.1) is 10.2 Å². The molecule has 0 spiro atoms. The molecule has 25 heavy (non-hydrogen) atoms. The zero-order valence-electron chi connectivity index (χ0n) is 15.6. The SMILES string of the molecule is CCCCN(C)C(=NCc1ccccc1)NCCn1cnnc1CC. The number of aliphatic imine (C=N–C) groups is 1. The van der Waals surface area contributed by atoms with Gasteiger partial charge in [-0.2, -0.15) is 0 Å². The van der Waals surface area contributed by atoms with Gasteiger partial charge in [0.15, 0.2) is 5.96 Å². The predicted octanol–water partition coefficient (Wildman–Crippen LogP) is 2.72. The second kappa shape index (κ2) is 10.5. The summed E-state index contributed by atoms with van der Waals surface area (Å²) in [5.74, 6) is 1.97. The lowest BCUT2D eigenvalue weighted by atomic mass is 10.2. The van der Waals surface area contributed by atoms with Crippen molar-refractivity contribution < 1.29 is 0 Å². The van der Waals surface area contributed by atoms with Gasteiger partial charge in [-0.3, -0.25) is 0 Å². The van der Waals surface area contributed by atoms with Crippen LogP contribution in [0.4, 0.5) is 0 Å². The number of hydrogen-bond donors (Lipinski definition) is 1. The molecule has 0 unspecified atom stereocenters. The van der Waals surface area contributed by atoms with Gasteiger partial charge >= 0.3 is 0 Å². The van der Waals surface area contributed by atoms with Gasteiger partial charge in [0.25, 0.3) is 0 Å². The number of aryl methyl sites for hydroxylation is 1. The predicted molar refractivity (Wildman–Crippen MR) is 103 cm³/mol. The number of benzene rings is 1. The molecule has 0 amide bonds. The first kappa shape index (κ1) is 19.0. The Morgan fingerprint density at radius 1 is 1.24 bits per heavy atom. The number of nitrogens with one attached hydrogen (secondary N) is 1. The molecule has 6 nitrogen and oxygen atoms in total. The Balaban J connectivity index is 1.95. The Kier molecular flexibility index (Phi) is 7.95. The maximum absolute atomic E-state index is 4.80. The van der Waals surface area contributed by atoms with Gasteiger partial charge in [0, 0.05) is 33.1 Å². The van der Waals surface area contributed by atoms with Gasteiger partial charge in [0.05, 0.1) is 6.54 Å². The normalized spacial score (nSPS) is 11.6. The highest BCUT2D eigenvalue weighted by molar-refractivity contribution is 5.79. The monoisotopic (exact) mass is 342 g/mol. The number of hydrogen-bond acceptors (Lipinski definition) is 3. The number of aromatic nitrogens is 3. The fourth-order valence-corrected chi connectivity index (χ4v) is 2.59. The quantitative estimate of drug-likeness (QED) is 0.562. The maximum atomic E-state index is 4.80. The smallest absolute Gasteiger partial charge is 0.194 e. The van der Waals surface area contributed by atoms with Crippen LogP contribution in [0.25, 0.3) is 0 Å². The van der Waals surface area contributed by atoms with E-state index in [0.29, 0.717) is 6.54 Å². The highest BCUT2D eigenvalue weighted by atomic mass is 15.3. The molecule has 0 radical (unpaired) electrons. The molecule has 0 saturated carbocycles. The molecule has 0 aliphatic carbocycles. The third-order valence-electron chi connectivity index (χ3n) is 4.11. The largest absolute Gasteiger partial charge is 0.354 e. The Morgan fingerprint density at radius 2 is 2.04 bits per heavy atom. The van der Waals surface area contributed by atoms with Gasteiger partial charge in [-0.1, -0.05) is 50.6 Å². The molecule has 0 aliphatic rings. The third-order valence-corrected chi connectivity index (χ3v) is 4.11. The van der Waals surface area contributed by atoms with Crippen LogP contribution in [0.15, 0.2) is 41.7 Å². The van der Waals surface area contributed by atoms with E-state index in [-0.39, 0.29) is 0 Å². The number of rotatable bonds is 9. The summed E-state index contributed by atoms with van der Waals surface area (Å²) >= 11 is 0. The molecule has 2 aromatic rings. The Bertz CT molecular complexity index is 634. The average molecular weight is 342 g/mol. The molecular weight excluding hydrogens is 312 g/mol. The van der Waals surface area contributed by atoms with Gasteiger partial charge in [0.2, 0.25) is 0 Å². The van der Waals surface area contributed by atoms with E-state index in [0.717, 1.165) is 44.3 Å². The molecule has 1 heterocycles. The zero-order valence-corrected chi connectivity index (χ0v) is 15.6. The van der Waals surface area contributed by atoms with Crippen molar-refractivity contribution in [1.82, 2.24) is 25.0 Å². The second-order valence-electron chi connectivity index (χ2n) is 6.12. The molecule has 2 rings (SSSR count). The topological polar surface area (TPSA) is 58.3 Å². The van der Waals surface area contributed by atoms with E-state index in [9.17, 15) is 0 Å². The van der Waals surface area contributed by atoms with Crippen LogP contribution in [0.5, 0.6) is 0 Å².